The number of carbonyl (C=O) groups excluding carboxylic acids is 1. The van der Waals surface area contributed by atoms with Gasteiger partial charge in [0.25, 0.3) is 0 Å². The Balaban J connectivity index is 1.71. The summed E-state index contributed by atoms with van der Waals surface area (Å²) in [4.78, 5) is 16.3. The van der Waals surface area contributed by atoms with Crippen molar-refractivity contribution in [2.24, 2.45) is 11.7 Å². The van der Waals surface area contributed by atoms with Crippen LogP contribution in [-0.4, -0.2) is 60.3 Å². The standard InChI is InChI=1S/C15H29N3O2/c1-15(2,3)20-14(19)18-8-6-17(7-9-18)11-12-4-5-13(16)10-12/h12-13H,4-11,16H2,1-3H3/t12-,13+/m1/s1. The van der Waals surface area contributed by atoms with E-state index in [9.17, 15) is 4.79 Å². The molecule has 0 aromatic heterocycles. The molecule has 2 aliphatic rings. The van der Waals surface area contributed by atoms with E-state index in [0.29, 0.717) is 6.04 Å². The molecule has 0 bridgehead atoms. The molecule has 0 aromatic carbocycles. The van der Waals surface area contributed by atoms with Gasteiger partial charge in [-0.1, -0.05) is 0 Å². The highest BCUT2D eigenvalue weighted by Crippen LogP contribution is 2.25. The Bertz CT molecular complexity index is 333. The number of hydrogen-bond acceptors (Lipinski definition) is 4. The Morgan fingerprint density at radius 2 is 1.85 bits per heavy atom. The van der Waals surface area contributed by atoms with Crippen molar-refractivity contribution >= 4 is 6.09 Å². The Hall–Kier alpha value is -0.810. The van der Waals surface area contributed by atoms with Crippen molar-refractivity contribution in [2.75, 3.05) is 32.7 Å². The molecule has 0 spiro atoms. The van der Waals surface area contributed by atoms with E-state index >= 15 is 0 Å². The summed E-state index contributed by atoms with van der Waals surface area (Å²) in [6, 6.07) is 0.406. The SMILES string of the molecule is CC(C)(C)OC(=O)N1CCN(C[C@@H]2CC[C@H](N)C2)CC1. The predicted molar refractivity (Wildman–Crippen MR) is 79.6 cm³/mol. The second-order valence-corrected chi connectivity index (χ2v) is 7.21. The molecule has 2 atom stereocenters. The fourth-order valence-corrected chi connectivity index (χ4v) is 3.08. The van der Waals surface area contributed by atoms with E-state index in [1.165, 1.54) is 12.8 Å². The molecule has 0 radical (unpaired) electrons. The molecule has 2 N–H and O–H groups in total. The van der Waals surface area contributed by atoms with Crippen molar-refractivity contribution in [2.45, 2.75) is 51.7 Å². The number of carbonyl (C=O) groups is 1. The first-order chi connectivity index (χ1) is 9.33. The van der Waals surface area contributed by atoms with Crippen LogP contribution in [0.25, 0.3) is 0 Å². The van der Waals surface area contributed by atoms with Crippen molar-refractivity contribution in [3.63, 3.8) is 0 Å². The van der Waals surface area contributed by atoms with Gasteiger partial charge in [0.05, 0.1) is 0 Å². The zero-order valence-electron chi connectivity index (χ0n) is 13.1. The van der Waals surface area contributed by atoms with Crippen LogP contribution in [0.3, 0.4) is 0 Å². The Morgan fingerprint density at radius 3 is 2.35 bits per heavy atom. The zero-order valence-corrected chi connectivity index (χ0v) is 13.1. The number of ether oxygens (including phenoxy) is 1. The Morgan fingerprint density at radius 1 is 1.20 bits per heavy atom. The Kier molecular flexibility index (Phi) is 4.91. The van der Waals surface area contributed by atoms with Gasteiger partial charge in [0.15, 0.2) is 0 Å². The van der Waals surface area contributed by atoms with Crippen molar-refractivity contribution in [3.05, 3.63) is 0 Å². The summed E-state index contributed by atoms with van der Waals surface area (Å²) in [6.07, 6.45) is 3.41. The van der Waals surface area contributed by atoms with Crippen LogP contribution in [0.2, 0.25) is 0 Å². The first kappa shape index (κ1) is 15.6. The molecule has 5 heteroatoms. The number of nitrogens with two attached hydrogens (primary N) is 1. The molecule has 1 amide bonds. The number of nitrogens with zero attached hydrogens (tertiary/aromatic N) is 2. The molecule has 0 aromatic rings. The minimum Gasteiger partial charge on any atom is -0.444 e. The van der Waals surface area contributed by atoms with E-state index in [0.717, 1.165) is 45.1 Å². The van der Waals surface area contributed by atoms with Gasteiger partial charge in [-0.15, -0.1) is 0 Å². The van der Waals surface area contributed by atoms with Gasteiger partial charge in [-0.05, 0) is 46.0 Å². The van der Waals surface area contributed by atoms with Crippen LogP contribution < -0.4 is 5.73 Å². The minimum atomic E-state index is -0.409. The van der Waals surface area contributed by atoms with Crippen LogP contribution in [0, 0.1) is 5.92 Å². The van der Waals surface area contributed by atoms with Crippen molar-refractivity contribution in [1.29, 1.82) is 0 Å². The van der Waals surface area contributed by atoms with E-state index in [4.69, 9.17) is 10.5 Å². The molecule has 5 nitrogen and oxygen atoms in total. The van der Waals surface area contributed by atoms with Gasteiger partial charge >= 0.3 is 6.09 Å². The van der Waals surface area contributed by atoms with Gasteiger partial charge < -0.3 is 15.4 Å². The van der Waals surface area contributed by atoms with Crippen molar-refractivity contribution in [1.82, 2.24) is 9.80 Å². The molecule has 1 heterocycles. The van der Waals surface area contributed by atoms with Crippen LogP contribution in [0.4, 0.5) is 4.79 Å². The fraction of sp³-hybridized carbons (Fsp3) is 0.933. The average molecular weight is 283 g/mol. The smallest absolute Gasteiger partial charge is 0.410 e. The van der Waals surface area contributed by atoms with Gasteiger partial charge in [-0.25, -0.2) is 4.79 Å². The van der Waals surface area contributed by atoms with E-state index in [-0.39, 0.29) is 6.09 Å². The molecule has 2 fully saturated rings. The predicted octanol–water partition coefficient (Wildman–Crippen LogP) is 1.67. The van der Waals surface area contributed by atoms with Gasteiger partial charge in [-0.3, -0.25) is 4.90 Å². The van der Waals surface area contributed by atoms with Crippen LogP contribution in [0.15, 0.2) is 0 Å². The summed E-state index contributed by atoms with van der Waals surface area (Å²) >= 11 is 0. The Labute approximate surface area is 122 Å². The monoisotopic (exact) mass is 283 g/mol. The normalized spacial score (nSPS) is 28.7. The lowest BCUT2D eigenvalue weighted by Crippen LogP contribution is -2.50. The maximum Gasteiger partial charge on any atom is 0.410 e. The van der Waals surface area contributed by atoms with Crippen LogP contribution in [-0.2, 0) is 4.74 Å². The molecule has 20 heavy (non-hydrogen) atoms. The van der Waals surface area contributed by atoms with Gasteiger partial charge in [-0.2, -0.15) is 0 Å². The molecular weight excluding hydrogens is 254 g/mol. The van der Waals surface area contributed by atoms with E-state index in [1.807, 2.05) is 25.7 Å². The first-order valence-electron chi connectivity index (χ1n) is 7.79. The average Bonchev–Trinajstić information content (AvgIpc) is 2.73. The number of piperazine rings is 1. The van der Waals surface area contributed by atoms with Crippen LogP contribution in [0.1, 0.15) is 40.0 Å². The lowest BCUT2D eigenvalue weighted by molar-refractivity contribution is 0.0134. The largest absolute Gasteiger partial charge is 0.444 e. The summed E-state index contributed by atoms with van der Waals surface area (Å²) in [7, 11) is 0. The third-order valence-corrected chi connectivity index (χ3v) is 4.12. The summed E-state index contributed by atoms with van der Waals surface area (Å²) < 4.78 is 5.41. The van der Waals surface area contributed by atoms with Gasteiger partial charge in [0.1, 0.15) is 5.60 Å². The first-order valence-corrected chi connectivity index (χ1v) is 7.79. The molecular formula is C15H29N3O2. The number of amides is 1. The third-order valence-electron chi connectivity index (χ3n) is 4.12. The van der Waals surface area contributed by atoms with Crippen LogP contribution >= 0.6 is 0 Å². The summed E-state index contributed by atoms with van der Waals surface area (Å²) in [5, 5.41) is 0. The number of hydrogen-bond donors (Lipinski definition) is 1. The topological polar surface area (TPSA) is 58.8 Å². The van der Waals surface area contributed by atoms with Crippen molar-refractivity contribution in [3.8, 4) is 0 Å². The van der Waals surface area contributed by atoms with E-state index < -0.39 is 5.60 Å². The highest BCUT2D eigenvalue weighted by molar-refractivity contribution is 5.68. The molecule has 1 saturated carbocycles. The maximum absolute atomic E-state index is 12.0. The summed E-state index contributed by atoms with van der Waals surface area (Å²) in [5.74, 6) is 0.748. The quantitative estimate of drug-likeness (QED) is 0.837. The highest BCUT2D eigenvalue weighted by Gasteiger charge is 2.28. The van der Waals surface area contributed by atoms with E-state index in [2.05, 4.69) is 4.90 Å². The maximum atomic E-state index is 12.0. The summed E-state index contributed by atoms with van der Waals surface area (Å²) in [5.41, 5.74) is 5.55. The number of rotatable bonds is 2. The fourth-order valence-electron chi connectivity index (χ4n) is 3.08. The molecule has 1 saturated heterocycles. The lowest BCUT2D eigenvalue weighted by atomic mass is 10.1. The molecule has 1 aliphatic carbocycles. The second-order valence-electron chi connectivity index (χ2n) is 7.21. The lowest BCUT2D eigenvalue weighted by Gasteiger charge is -2.36. The molecule has 0 unspecified atom stereocenters. The minimum absolute atomic E-state index is 0.181. The molecule has 116 valence electrons. The van der Waals surface area contributed by atoms with Crippen LogP contribution in [0.5, 0.6) is 0 Å². The third kappa shape index (κ3) is 4.63. The molecule has 2 rings (SSSR count). The van der Waals surface area contributed by atoms with Gasteiger partial charge in [0, 0.05) is 38.8 Å². The second kappa shape index (κ2) is 6.31. The van der Waals surface area contributed by atoms with E-state index in [1.54, 1.807) is 0 Å². The van der Waals surface area contributed by atoms with Crippen molar-refractivity contribution < 1.29 is 9.53 Å². The highest BCUT2D eigenvalue weighted by atomic mass is 16.6. The zero-order chi connectivity index (χ0) is 14.8. The summed E-state index contributed by atoms with van der Waals surface area (Å²) in [6.45, 7) is 10.3. The molecule has 1 aliphatic heterocycles. The van der Waals surface area contributed by atoms with Gasteiger partial charge in [0.2, 0.25) is 0 Å².